The summed E-state index contributed by atoms with van der Waals surface area (Å²) in [4.78, 5) is 24.3. The van der Waals surface area contributed by atoms with Crippen LogP contribution in [0.5, 0.6) is 0 Å². The second-order valence-electron chi connectivity index (χ2n) is 5.42. The Kier molecular flexibility index (Phi) is 4.27. The minimum Gasteiger partial charge on any atom is -0.481 e. The zero-order chi connectivity index (χ0) is 14.7. The molecular weight excluding hydrogens is 256 g/mol. The minimum absolute atomic E-state index is 0.203. The fraction of sp³-hybridized carbons (Fsp3) is 0.467. The van der Waals surface area contributed by atoms with Crippen LogP contribution in [0.1, 0.15) is 35.2 Å². The van der Waals surface area contributed by atoms with Crippen LogP contribution in [0, 0.1) is 12.8 Å². The number of hydrogen-bond donors (Lipinski definition) is 2. The molecule has 20 heavy (non-hydrogen) atoms. The molecule has 1 saturated heterocycles. The summed E-state index contributed by atoms with van der Waals surface area (Å²) in [5, 5.41) is 8.74. The molecule has 1 unspecified atom stereocenters. The van der Waals surface area contributed by atoms with E-state index in [0.29, 0.717) is 17.9 Å². The third-order valence-electron chi connectivity index (χ3n) is 3.81. The first-order valence-corrected chi connectivity index (χ1v) is 6.84. The zero-order valence-electron chi connectivity index (χ0n) is 11.6. The molecule has 1 aliphatic rings. The van der Waals surface area contributed by atoms with Crippen LogP contribution in [0.15, 0.2) is 18.2 Å². The van der Waals surface area contributed by atoms with Crippen LogP contribution in [0.25, 0.3) is 0 Å². The third kappa shape index (κ3) is 3.29. The fourth-order valence-electron chi connectivity index (χ4n) is 2.73. The molecule has 0 radical (unpaired) electrons. The lowest BCUT2D eigenvalue weighted by Gasteiger charge is -2.21. The Morgan fingerprint density at radius 3 is 2.85 bits per heavy atom. The van der Waals surface area contributed by atoms with Crippen molar-refractivity contribution in [2.24, 2.45) is 11.7 Å². The largest absolute Gasteiger partial charge is 0.481 e. The number of anilines is 1. The lowest BCUT2D eigenvalue weighted by molar-refractivity contribution is -0.137. The lowest BCUT2D eigenvalue weighted by atomic mass is 10.0. The van der Waals surface area contributed by atoms with Gasteiger partial charge in [0.1, 0.15) is 0 Å². The molecule has 1 aromatic carbocycles. The Hall–Kier alpha value is -2.04. The number of aliphatic carboxylic acids is 1. The molecule has 5 nitrogen and oxygen atoms in total. The molecule has 1 amide bonds. The van der Waals surface area contributed by atoms with E-state index in [4.69, 9.17) is 10.8 Å². The summed E-state index contributed by atoms with van der Waals surface area (Å²) in [5.41, 5.74) is 7.91. The quantitative estimate of drug-likeness (QED) is 0.858. The van der Waals surface area contributed by atoms with Crippen LogP contribution < -0.4 is 10.6 Å². The molecule has 1 atom stereocenters. The number of hydrogen-bond acceptors (Lipinski definition) is 3. The van der Waals surface area contributed by atoms with E-state index in [2.05, 4.69) is 4.90 Å². The first kappa shape index (κ1) is 14.4. The van der Waals surface area contributed by atoms with Crippen LogP contribution in [-0.4, -0.2) is 30.1 Å². The van der Waals surface area contributed by atoms with Gasteiger partial charge in [-0.05, 0) is 43.4 Å². The highest BCUT2D eigenvalue weighted by molar-refractivity contribution is 5.98. The van der Waals surface area contributed by atoms with Gasteiger partial charge in [0.2, 0.25) is 0 Å². The molecule has 5 heteroatoms. The summed E-state index contributed by atoms with van der Waals surface area (Å²) in [5.74, 6) is -0.807. The number of aryl methyl sites for hydroxylation is 1. The van der Waals surface area contributed by atoms with E-state index in [1.165, 1.54) is 0 Å². The summed E-state index contributed by atoms with van der Waals surface area (Å²) in [6.45, 7) is 3.61. The van der Waals surface area contributed by atoms with Gasteiger partial charge in [-0.15, -0.1) is 0 Å². The van der Waals surface area contributed by atoms with Crippen LogP contribution in [0.4, 0.5) is 5.69 Å². The van der Waals surface area contributed by atoms with Crippen molar-refractivity contribution in [2.75, 3.05) is 18.0 Å². The number of carbonyl (C=O) groups excluding carboxylic acids is 1. The van der Waals surface area contributed by atoms with E-state index in [-0.39, 0.29) is 6.42 Å². The number of rotatable bonds is 5. The second kappa shape index (κ2) is 5.94. The van der Waals surface area contributed by atoms with Gasteiger partial charge >= 0.3 is 5.97 Å². The van der Waals surface area contributed by atoms with Gasteiger partial charge in [0, 0.05) is 25.2 Å². The molecule has 0 aromatic heterocycles. The van der Waals surface area contributed by atoms with Gasteiger partial charge in [-0.25, -0.2) is 0 Å². The molecule has 1 aliphatic heterocycles. The van der Waals surface area contributed by atoms with Gasteiger partial charge in [0.05, 0.1) is 5.56 Å². The summed E-state index contributed by atoms with van der Waals surface area (Å²) in [6, 6.07) is 5.61. The molecule has 2 rings (SSSR count). The zero-order valence-corrected chi connectivity index (χ0v) is 11.6. The summed E-state index contributed by atoms with van der Waals surface area (Å²) in [7, 11) is 0. The van der Waals surface area contributed by atoms with Crippen molar-refractivity contribution < 1.29 is 14.7 Å². The summed E-state index contributed by atoms with van der Waals surface area (Å²) >= 11 is 0. The van der Waals surface area contributed by atoms with Crippen molar-refractivity contribution in [3.8, 4) is 0 Å². The number of carbonyl (C=O) groups is 2. The summed E-state index contributed by atoms with van der Waals surface area (Å²) in [6.07, 6.45) is 1.85. The van der Waals surface area contributed by atoms with Crippen molar-refractivity contribution in [3.63, 3.8) is 0 Å². The molecular formula is C15H20N2O3. The lowest BCUT2D eigenvalue weighted by Crippen LogP contribution is -2.24. The van der Waals surface area contributed by atoms with E-state index in [1.807, 2.05) is 19.1 Å². The molecule has 1 fully saturated rings. The Labute approximate surface area is 118 Å². The van der Waals surface area contributed by atoms with E-state index >= 15 is 0 Å². The fourth-order valence-corrected chi connectivity index (χ4v) is 2.73. The number of nitrogens with two attached hydrogens (primary N) is 1. The standard InChI is InChI=1S/C15H20N2O3/c1-10-2-4-12(15(16)20)13(8-10)17-7-6-11(9-17)3-5-14(18)19/h2,4,8,11H,3,5-7,9H2,1H3,(H2,16,20)(H,18,19). The maximum atomic E-state index is 11.5. The molecule has 0 bridgehead atoms. The Bertz CT molecular complexity index is 528. The first-order valence-electron chi connectivity index (χ1n) is 6.84. The molecule has 108 valence electrons. The SMILES string of the molecule is Cc1ccc(C(N)=O)c(N2CCC(CCC(=O)O)C2)c1. The molecule has 3 N–H and O–H groups in total. The van der Waals surface area contributed by atoms with Crippen molar-refractivity contribution >= 4 is 17.6 Å². The maximum absolute atomic E-state index is 11.5. The topological polar surface area (TPSA) is 83.6 Å². The van der Waals surface area contributed by atoms with Crippen molar-refractivity contribution in [1.29, 1.82) is 0 Å². The third-order valence-corrected chi connectivity index (χ3v) is 3.81. The number of nitrogens with zero attached hydrogens (tertiary/aromatic N) is 1. The van der Waals surface area contributed by atoms with E-state index in [9.17, 15) is 9.59 Å². The highest BCUT2D eigenvalue weighted by atomic mass is 16.4. The first-order chi connectivity index (χ1) is 9.47. The molecule has 1 heterocycles. The average molecular weight is 276 g/mol. The van der Waals surface area contributed by atoms with Crippen LogP contribution in [-0.2, 0) is 4.79 Å². The Balaban J connectivity index is 2.11. The highest BCUT2D eigenvalue weighted by Gasteiger charge is 2.25. The van der Waals surface area contributed by atoms with Crippen molar-refractivity contribution in [3.05, 3.63) is 29.3 Å². The molecule has 0 aliphatic carbocycles. The van der Waals surface area contributed by atoms with Gasteiger partial charge in [0.15, 0.2) is 0 Å². The van der Waals surface area contributed by atoms with E-state index < -0.39 is 11.9 Å². The van der Waals surface area contributed by atoms with Crippen LogP contribution in [0.2, 0.25) is 0 Å². The Morgan fingerprint density at radius 1 is 1.45 bits per heavy atom. The predicted octanol–water partition coefficient (Wildman–Crippen LogP) is 1.79. The number of benzene rings is 1. The smallest absolute Gasteiger partial charge is 0.303 e. The molecule has 0 saturated carbocycles. The van der Waals surface area contributed by atoms with Crippen LogP contribution >= 0.6 is 0 Å². The number of carboxylic acid groups (broad SMARTS) is 1. The second-order valence-corrected chi connectivity index (χ2v) is 5.42. The molecule has 0 spiro atoms. The van der Waals surface area contributed by atoms with Gasteiger partial charge in [-0.3, -0.25) is 9.59 Å². The normalized spacial score (nSPS) is 18.2. The summed E-state index contributed by atoms with van der Waals surface area (Å²) < 4.78 is 0. The van der Waals surface area contributed by atoms with Gasteiger partial charge < -0.3 is 15.7 Å². The number of primary amides is 1. The molecule has 1 aromatic rings. The number of amides is 1. The minimum atomic E-state index is -0.753. The van der Waals surface area contributed by atoms with E-state index in [0.717, 1.165) is 30.8 Å². The Morgan fingerprint density at radius 2 is 2.20 bits per heavy atom. The maximum Gasteiger partial charge on any atom is 0.303 e. The van der Waals surface area contributed by atoms with Crippen LogP contribution in [0.3, 0.4) is 0 Å². The van der Waals surface area contributed by atoms with E-state index in [1.54, 1.807) is 6.07 Å². The van der Waals surface area contributed by atoms with Gasteiger partial charge in [-0.2, -0.15) is 0 Å². The average Bonchev–Trinajstić information content (AvgIpc) is 2.84. The number of carboxylic acids is 1. The predicted molar refractivity (Wildman–Crippen MR) is 76.9 cm³/mol. The monoisotopic (exact) mass is 276 g/mol. The van der Waals surface area contributed by atoms with Crippen molar-refractivity contribution in [2.45, 2.75) is 26.2 Å². The highest BCUT2D eigenvalue weighted by Crippen LogP contribution is 2.29. The van der Waals surface area contributed by atoms with Gasteiger partial charge in [-0.1, -0.05) is 6.07 Å². The van der Waals surface area contributed by atoms with Gasteiger partial charge in [0.25, 0.3) is 5.91 Å². The van der Waals surface area contributed by atoms with Crippen molar-refractivity contribution in [1.82, 2.24) is 0 Å².